The average molecular weight is 481 g/mol. The average Bonchev–Trinajstić information content (AvgIpc) is 3.16. The second kappa shape index (κ2) is 8.68. The van der Waals surface area contributed by atoms with E-state index in [0.717, 1.165) is 25.2 Å². The van der Waals surface area contributed by atoms with E-state index < -0.39 is 5.82 Å². The van der Waals surface area contributed by atoms with Crippen LogP contribution in [0.3, 0.4) is 0 Å². The molecule has 4 aliphatic rings. The molecule has 4 saturated carbocycles. The van der Waals surface area contributed by atoms with Crippen LogP contribution in [0.25, 0.3) is 10.9 Å². The zero-order chi connectivity index (χ0) is 24.4. The summed E-state index contributed by atoms with van der Waals surface area (Å²) in [6.07, 6.45) is 14.1. The van der Waals surface area contributed by atoms with Crippen molar-refractivity contribution in [3.8, 4) is 0 Å². The van der Waals surface area contributed by atoms with Crippen LogP contribution in [-0.2, 0) is 6.42 Å². The van der Waals surface area contributed by atoms with E-state index in [2.05, 4.69) is 23.8 Å². The summed E-state index contributed by atoms with van der Waals surface area (Å²) in [5.41, 5.74) is 0.663. The van der Waals surface area contributed by atoms with Gasteiger partial charge in [-0.05, 0) is 110 Å². The number of rotatable bonds is 4. The molecular formula is C30H41FN2O2. The van der Waals surface area contributed by atoms with Crippen LogP contribution >= 0.6 is 0 Å². The molecule has 1 aromatic heterocycles. The van der Waals surface area contributed by atoms with Gasteiger partial charge in [0.05, 0.1) is 11.5 Å². The van der Waals surface area contributed by atoms with Gasteiger partial charge in [0, 0.05) is 6.42 Å². The van der Waals surface area contributed by atoms with Crippen LogP contribution in [0.5, 0.6) is 0 Å². The first kappa shape index (κ1) is 23.6. The van der Waals surface area contributed by atoms with Crippen molar-refractivity contribution in [1.82, 2.24) is 9.97 Å². The minimum absolute atomic E-state index is 0.124. The van der Waals surface area contributed by atoms with Crippen LogP contribution < -0.4 is 5.56 Å². The van der Waals surface area contributed by atoms with Gasteiger partial charge in [0.15, 0.2) is 0 Å². The topological polar surface area (TPSA) is 66.0 Å². The van der Waals surface area contributed by atoms with Gasteiger partial charge < -0.3 is 10.1 Å². The van der Waals surface area contributed by atoms with Crippen LogP contribution in [0.2, 0.25) is 0 Å². The molecule has 1 aromatic carbocycles. The van der Waals surface area contributed by atoms with Crippen molar-refractivity contribution < 1.29 is 9.50 Å². The van der Waals surface area contributed by atoms with Crippen molar-refractivity contribution in [2.45, 2.75) is 97.0 Å². The van der Waals surface area contributed by atoms with E-state index >= 15 is 0 Å². The summed E-state index contributed by atoms with van der Waals surface area (Å²) in [5, 5.41) is 11.7. The molecule has 2 aromatic rings. The minimum atomic E-state index is -0.433. The molecule has 5 heteroatoms. The van der Waals surface area contributed by atoms with E-state index in [4.69, 9.17) is 0 Å². The summed E-state index contributed by atoms with van der Waals surface area (Å²) < 4.78 is 14.2. The molecule has 0 radical (unpaired) electrons. The fourth-order valence-electron chi connectivity index (χ4n) is 9.65. The lowest BCUT2D eigenvalue weighted by Gasteiger charge is -2.62. The first-order valence-corrected chi connectivity index (χ1v) is 14.2. The number of hydrogen-bond donors (Lipinski definition) is 2. The zero-order valence-electron chi connectivity index (χ0n) is 21.4. The Hall–Kier alpha value is -1.75. The van der Waals surface area contributed by atoms with Gasteiger partial charge in [-0.3, -0.25) is 4.79 Å². The molecule has 0 amide bonds. The maximum atomic E-state index is 14.2. The molecule has 35 heavy (non-hydrogen) atoms. The standard InChI is InChI=1S/C30H41FN2O2/c1-29-15-4-3-7-19(29)17-24(34)26-21-13-12-18(30(21,2)16-14-22(26)29)8-5-11-25-32-27-20(28(35)33-25)9-6-10-23(27)31/h6,9-10,18-19,21-22,24,26,34H,3-5,7-8,11-17H2,1-2H3,(H,32,33,35). The molecule has 4 aliphatic carbocycles. The molecule has 6 rings (SSSR count). The van der Waals surface area contributed by atoms with E-state index in [1.54, 1.807) is 12.1 Å². The third kappa shape index (κ3) is 3.70. The number of aliphatic hydroxyl groups excluding tert-OH is 1. The number of aryl methyl sites for hydroxylation is 1. The first-order chi connectivity index (χ1) is 16.8. The monoisotopic (exact) mass is 480 g/mol. The Morgan fingerprint density at radius 1 is 1.09 bits per heavy atom. The maximum Gasteiger partial charge on any atom is 0.258 e. The Balaban J connectivity index is 1.16. The van der Waals surface area contributed by atoms with Gasteiger partial charge in [-0.25, -0.2) is 9.37 Å². The summed E-state index contributed by atoms with van der Waals surface area (Å²) in [6.45, 7) is 5.08. The first-order valence-electron chi connectivity index (χ1n) is 14.2. The number of hydrogen-bond acceptors (Lipinski definition) is 3. The third-order valence-electron chi connectivity index (χ3n) is 11.5. The van der Waals surface area contributed by atoms with E-state index in [9.17, 15) is 14.3 Å². The van der Waals surface area contributed by atoms with Gasteiger partial charge in [-0.15, -0.1) is 0 Å². The molecule has 8 unspecified atom stereocenters. The lowest BCUT2D eigenvalue weighted by molar-refractivity contribution is -0.162. The Bertz CT molecular complexity index is 1160. The number of H-pyrrole nitrogens is 1. The van der Waals surface area contributed by atoms with Crippen molar-refractivity contribution in [3.63, 3.8) is 0 Å². The molecule has 0 bridgehead atoms. The predicted octanol–water partition coefficient (Wildman–Crippen LogP) is 6.40. The SMILES string of the molecule is CC12CCC3C(C(O)CC4CCCCC43C)C1CCC2CCCc1nc2c(F)cccc2c(=O)[nH]1. The summed E-state index contributed by atoms with van der Waals surface area (Å²) in [7, 11) is 0. The molecule has 0 aliphatic heterocycles. The fourth-order valence-corrected chi connectivity index (χ4v) is 9.65. The maximum absolute atomic E-state index is 14.2. The fraction of sp³-hybridized carbons (Fsp3) is 0.733. The summed E-state index contributed by atoms with van der Waals surface area (Å²) in [4.78, 5) is 19.7. The zero-order valence-corrected chi connectivity index (χ0v) is 21.4. The highest BCUT2D eigenvalue weighted by Crippen LogP contribution is 2.67. The highest BCUT2D eigenvalue weighted by molar-refractivity contribution is 5.77. The molecule has 190 valence electrons. The van der Waals surface area contributed by atoms with Gasteiger partial charge >= 0.3 is 0 Å². The number of aliphatic hydroxyl groups is 1. The van der Waals surface area contributed by atoms with Crippen molar-refractivity contribution in [3.05, 3.63) is 40.2 Å². The second-order valence-corrected chi connectivity index (χ2v) is 12.9. The Morgan fingerprint density at radius 2 is 1.91 bits per heavy atom. The van der Waals surface area contributed by atoms with E-state index in [-0.39, 0.29) is 17.2 Å². The molecule has 0 spiro atoms. The molecular weight excluding hydrogens is 439 g/mol. The number of halogens is 1. The summed E-state index contributed by atoms with van der Waals surface area (Å²) in [6, 6.07) is 4.54. The minimum Gasteiger partial charge on any atom is -0.393 e. The van der Waals surface area contributed by atoms with Gasteiger partial charge in [-0.2, -0.15) is 0 Å². The van der Waals surface area contributed by atoms with Crippen molar-refractivity contribution in [1.29, 1.82) is 0 Å². The Morgan fingerprint density at radius 3 is 2.77 bits per heavy atom. The highest BCUT2D eigenvalue weighted by atomic mass is 19.1. The molecule has 0 saturated heterocycles. The van der Waals surface area contributed by atoms with Gasteiger partial charge in [-0.1, -0.05) is 32.8 Å². The number of benzene rings is 1. The number of nitrogens with one attached hydrogen (secondary N) is 1. The van der Waals surface area contributed by atoms with E-state index in [1.165, 1.54) is 57.4 Å². The van der Waals surface area contributed by atoms with Gasteiger partial charge in [0.2, 0.25) is 0 Å². The van der Waals surface area contributed by atoms with Crippen LogP contribution in [0.4, 0.5) is 4.39 Å². The van der Waals surface area contributed by atoms with Crippen LogP contribution in [0, 0.1) is 46.2 Å². The van der Waals surface area contributed by atoms with Crippen molar-refractivity contribution in [2.75, 3.05) is 0 Å². The second-order valence-electron chi connectivity index (χ2n) is 12.9. The number of aromatic nitrogens is 2. The number of nitrogens with zero attached hydrogens (tertiary/aromatic N) is 1. The Kier molecular flexibility index (Phi) is 5.86. The van der Waals surface area contributed by atoms with Crippen molar-refractivity contribution >= 4 is 10.9 Å². The van der Waals surface area contributed by atoms with Crippen LogP contribution in [0.15, 0.2) is 23.0 Å². The summed E-state index contributed by atoms with van der Waals surface area (Å²) in [5.74, 6) is 3.33. The molecule has 8 atom stereocenters. The molecule has 2 N–H and O–H groups in total. The lowest BCUT2D eigenvalue weighted by atomic mass is 9.44. The number of fused-ring (bicyclic) bond motifs is 6. The highest BCUT2D eigenvalue weighted by Gasteiger charge is 2.61. The third-order valence-corrected chi connectivity index (χ3v) is 11.5. The molecule has 4 nitrogen and oxygen atoms in total. The molecule has 1 heterocycles. The van der Waals surface area contributed by atoms with Crippen LogP contribution in [0.1, 0.15) is 90.3 Å². The smallest absolute Gasteiger partial charge is 0.258 e. The van der Waals surface area contributed by atoms with Gasteiger partial charge in [0.25, 0.3) is 5.56 Å². The number of aromatic amines is 1. The quantitative estimate of drug-likeness (QED) is 0.532. The predicted molar refractivity (Wildman–Crippen MR) is 136 cm³/mol. The van der Waals surface area contributed by atoms with Crippen molar-refractivity contribution in [2.24, 2.45) is 40.4 Å². The van der Waals surface area contributed by atoms with Crippen LogP contribution in [-0.4, -0.2) is 21.2 Å². The van der Waals surface area contributed by atoms with Gasteiger partial charge in [0.1, 0.15) is 17.2 Å². The number of para-hydroxylation sites is 1. The summed E-state index contributed by atoms with van der Waals surface area (Å²) >= 11 is 0. The lowest BCUT2D eigenvalue weighted by Crippen LogP contribution is -2.57. The van der Waals surface area contributed by atoms with E-state index in [0.29, 0.717) is 52.1 Å². The normalized spacial score (nSPS) is 40.8. The Labute approximate surface area is 208 Å². The molecule has 4 fully saturated rings. The van der Waals surface area contributed by atoms with E-state index in [1.807, 2.05) is 0 Å². The largest absolute Gasteiger partial charge is 0.393 e.